The number of rotatable bonds is 4. The van der Waals surface area contributed by atoms with Gasteiger partial charge in [-0.25, -0.2) is 4.79 Å². The van der Waals surface area contributed by atoms with Gasteiger partial charge in [0.25, 0.3) is 0 Å². The van der Waals surface area contributed by atoms with Crippen molar-refractivity contribution >= 4 is 27.8 Å². The van der Waals surface area contributed by atoms with Gasteiger partial charge in [-0.2, -0.15) is 0 Å². The number of nitrogens with zero attached hydrogens (tertiary/aromatic N) is 1. The molecule has 0 saturated heterocycles. The second-order valence-corrected chi connectivity index (χ2v) is 5.24. The van der Waals surface area contributed by atoms with Crippen LogP contribution in [0.15, 0.2) is 39.7 Å². The first-order valence-electron chi connectivity index (χ1n) is 7.19. The van der Waals surface area contributed by atoms with Crippen LogP contribution in [0.25, 0.3) is 21.9 Å². The molecule has 2 heterocycles. The second kappa shape index (κ2) is 5.60. The molecule has 0 aliphatic carbocycles. The van der Waals surface area contributed by atoms with Gasteiger partial charge in [-0.15, -0.1) is 0 Å². The zero-order chi connectivity index (χ0) is 15.7. The van der Waals surface area contributed by atoms with Gasteiger partial charge in [0.1, 0.15) is 5.58 Å². The number of hydrogen-bond acceptors (Lipinski definition) is 4. The van der Waals surface area contributed by atoms with Gasteiger partial charge in [0.2, 0.25) is 5.76 Å². The smallest absolute Gasteiger partial charge is 0.371 e. The van der Waals surface area contributed by atoms with Gasteiger partial charge < -0.3 is 9.52 Å². The lowest BCUT2D eigenvalue weighted by molar-refractivity contribution is 0.0663. The Bertz CT molecular complexity index is 927. The molecule has 112 valence electrons. The summed E-state index contributed by atoms with van der Waals surface area (Å²) in [6.45, 7) is 2.12. The molecule has 0 fully saturated rings. The van der Waals surface area contributed by atoms with Crippen LogP contribution < -0.4 is 5.43 Å². The van der Waals surface area contributed by atoms with E-state index in [1.165, 1.54) is 6.20 Å². The van der Waals surface area contributed by atoms with Gasteiger partial charge in [0.05, 0.1) is 10.9 Å². The highest BCUT2D eigenvalue weighted by atomic mass is 16.4. The lowest BCUT2D eigenvalue weighted by Gasteiger charge is -2.06. The standard InChI is InChI=1S/C17H15NO4/c1-2-3-4-10-5-6-13-11(7-10)16-12(9-18-13)14(19)8-15(22-16)17(20)21/h5-9H,2-4H2,1H3,(H,20,21). The molecular formula is C17H15NO4. The highest BCUT2D eigenvalue weighted by Crippen LogP contribution is 2.24. The van der Waals surface area contributed by atoms with E-state index in [-0.39, 0.29) is 11.3 Å². The normalized spacial score (nSPS) is 11.1. The van der Waals surface area contributed by atoms with Crippen LogP contribution in [-0.2, 0) is 6.42 Å². The van der Waals surface area contributed by atoms with Crippen LogP contribution in [0.1, 0.15) is 35.9 Å². The fourth-order valence-electron chi connectivity index (χ4n) is 2.48. The van der Waals surface area contributed by atoms with Crippen LogP contribution in [0.2, 0.25) is 0 Å². The molecule has 1 N–H and O–H groups in total. The molecule has 0 bridgehead atoms. The molecular weight excluding hydrogens is 282 g/mol. The third-order valence-corrected chi connectivity index (χ3v) is 3.65. The number of aromatic carboxylic acids is 1. The van der Waals surface area contributed by atoms with Crippen LogP contribution in [0.4, 0.5) is 0 Å². The Morgan fingerprint density at radius 1 is 1.27 bits per heavy atom. The fourth-order valence-corrected chi connectivity index (χ4v) is 2.48. The summed E-state index contributed by atoms with van der Waals surface area (Å²) in [5.74, 6) is -1.62. The summed E-state index contributed by atoms with van der Waals surface area (Å²) in [5.41, 5.74) is 1.69. The molecule has 1 aromatic carbocycles. The summed E-state index contributed by atoms with van der Waals surface area (Å²) in [4.78, 5) is 27.4. The lowest BCUT2D eigenvalue weighted by atomic mass is 10.0. The van der Waals surface area contributed by atoms with E-state index in [9.17, 15) is 9.59 Å². The Morgan fingerprint density at radius 3 is 2.82 bits per heavy atom. The first-order valence-corrected chi connectivity index (χ1v) is 7.19. The Morgan fingerprint density at radius 2 is 2.09 bits per heavy atom. The number of fused-ring (bicyclic) bond motifs is 3. The molecule has 0 unspecified atom stereocenters. The zero-order valence-electron chi connectivity index (χ0n) is 12.1. The predicted molar refractivity (Wildman–Crippen MR) is 83.4 cm³/mol. The van der Waals surface area contributed by atoms with Crippen molar-refractivity contribution in [2.75, 3.05) is 0 Å². The molecule has 0 spiro atoms. The summed E-state index contributed by atoms with van der Waals surface area (Å²) in [7, 11) is 0. The highest BCUT2D eigenvalue weighted by molar-refractivity contribution is 6.02. The molecule has 3 aromatic rings. The molecule has 0 aliphatic rings. The van der Waals surface area contributed by atoms with Crippen LogP contribution in [0, 0.1) is 0 Å². The minimum atomic E-state index is -1.26. The van der Waals surface area contributed by atoms with E-state index in [4.69, 9.17) is 9.52 Å². The maximum Gasteiger partial charge on any atom is 0.371 e. The van der Waals surface area contributed by atoms with Gasteiger partial charge in [-0.1, -0.05) is 19.4 Å². The van der Waals surface area contributed by atoms with Crippen molar-refractivity contribution in [3.8, 4) is 0 Å². The molecule has 5 heteroatoms. The van der Waals surface area contributed by atoms with E-state index in [1.807, 2.05) is 18.2 Å². The predicted octanol–water partition coefficient (Wildman–Crippen LogP) is 3.38. The van der Waals surface area contributed by atoms with E-state index in [2.05, 4.69) is 11.9 Å². The minimum absolute atomic E-state index is 0.285. The van der Waals surface area contributed by atoms with Crippen molar-refractivity contribution in [1.82, 2.24) is 4.98 Å². The molecule has 0 aliphatic heterocycles. The fraction of sp³-hybridized carbons (Fsp3) is 0.235. The minimum Gasteiger partial charge on any atom is -0.475 e. The summed E-state index contributed by atoms with van der Waals surface area (Å²) in [6.07, 6.45) is 4.50. The van der Waals surface area contributed by atoms with E-state index in [0.29, 0.717) is 16.3 Å². The van der Waals surface area contributed by atoms with Gasteiger partial charge in [0.15, 0.2) is 5.43 Å². The first-order chi connectivity index (χ1) is 10.6. The third kappa shape index (κ3) is 2.45. The number of carbonyl (C=O) groups is 1. The van der Waals surface area contributed by atoms with Crippen LogP contribution in [0.3, 0.4) is 0 Å². The van der Waals surface area contributed by atoms with Crippen molar-refractivity contribution in [1.29, 1.82) is 0 Å². The zero-order valence-corrected chi connectivity index (χ0v) is 12.1. The van der Waals surface area contributed by atoms with Gasteiger partial charge in [0, 0.05) is 17.6 Å². The second-order valence-electron chi connectivity index (χ2n) is 5.24. The van der Waals surface area contributed by atoms with Gasteiger partial charge in [-0.3, -0.25) is 9.78 Å². The molecule has 22 heavy (non-hydrogen) atoms. The largest absolute Gasteiger partial charge is 0.475 e. The maximum absolute atomic E-state index is 12.0. The third-order valence-electron chi connectivity index (χ3n) is 3.65. The van der Waals surface area contributed by atoms with Crippen molar-refractivity contribution in [2.24, 2.45) is 0 Å². The molecule has 0 atom stereocenters. The van der Waals surface area contributed by atoms with E-state index in [0.717, 1.165) is 30.9 Å². The number of carboxylic acid groups (broad SMARTS) is 1. The monoisotopic (exact) mass is 297 g/mol. The quantitative estimate of drug-likeness (QED) is 0.747. The number of carboxylic acids is 1. The van der Waals surface area contributed by atoms with E-state index in [1.54, 1.807) is 0 Å². The summed E-state index contributed by atoms with van der Waals surface area (Å²) in [6, 6.07) is 6.77. The number of aromatic nitrogens is 1. The Labute approximate surface area is 126 Å². The highest BCUT2D eigenvalue weighted by Gasteiger charge is 2.13. The first kappa shape index (κ1) is 14.3. The number of unbranched alkanes of at least 4 members (excludes halogenated alkanes) is 1. The Balaban J connectivity index is 2.31. The molecule has 0 amide bonds. The Kier molecular flexibility index (Phi) is 3.63. The molecule has 0 radical (unpaired) electrons. The number of pyridine rings is 1. The van der Waals surface area contributed by atoms with E-state index >= 15 is 0 Å². The molecule has 5 nitrogen and oxygen atoms in total. The summed E-state index contributed by atoms with van der Waals surface area (Å²) >= 11 is 0. The summed E-state index contributed by atoms with van der Waals surface area (Å²) < 4.78 is 5.44. The average Bonchev–Trinajstić information content (AvgIpc) is 2.52. The van der Waals surface area contributed by atoms with Crippen LogP contribution in [-0.4, -0.2) is 16.1 Å². The van der Waals surface area contributed by atoms with Crippen LogP contribution in [0.5, 0.6) is 0 Å². The lowest BCUT2D eigenvalue weighted by Crippen LogP contribution is -2.07. The number of benzene rings is 1. The molecule has 2 aromatic heterocycles. The topological polar surface area (TPSA) is 80.4 Å². The summed E-state index contributed by atoms with van der Waals surface area (Å²) in [5, 5.41) is 10.0. The molecule has 3 rings (SSSR count). The van der Waals surface area contributed by atoms with Gasteiger partial charge in [-0.05, 0) is 30.5 Å². The van der Waals surface area contributed by atoms with E-state index < -0.39 is 11.4 Å². The number of aryl methyl sites for hydroxylation is 1. The van der Waals surface area contributed by atoms with Crippen LogP contribution >= 0.6 is 0 Å². The maximum atomic E-state index is 12.0. The molecule has 0 saturated carbocycles. The van der Waals surface area contributed by atoms with Crippen molar-refractivity contribution in [2.45, 2.75) is 26.2 Å². The number of hydrogen-bond donors (Lipinski definition) is 1. The Hall–Kier alpha value is -2.69. The average molecular weight is 297 g/mol. The SMILES string of the molecule is CCCCc1ccc2ncc3c(=O)cc(C(=O)O)oc3c2c1. The van der Waals surface area contributed by atoms with Gasteiger partial charge >= 0.3 is 5.97 Å². The van der Waals surface area contributed by atoms with Crippen molar-refractivity contribution < 1.29 is 14.3 Å². The van der Waals surface area contributed by atoms with Crippen molar-refractivity contribution in [3.05, 3.63) is 52.0 Å². The van der Waals surface area contributed by atoms with Crippen molar-refractivity contribution in [3.63, 3.8) is 0 Å².